The second kappa shape index (κ2) is 3.00. The highest BCUT2D eigenvalue weighted by Crippen LogP contribution is 2.69. The van der Waals surface area contributed by atoms with E-state index in [1.165, 1.54) is 6.92 Å². The van der Waals surface area contributed by atoms with Crippen molar-refractivity contribution in [1.82, 2.24) is 0 Å². The van der Waals surface area contributed by atoms with Crippen LogP contribution in [0.2, 0.25) is 0 Å². The van der Waals surface area contributed by atoms with Crippen LogP contribution in [0.1, 0.15) is 59.8 Å². The molecule has 4 aliphatic rings. The van der Waals surface area contributed by atoms with E-state index in [2.05, 4.69) is 20.8 Å². The van der Waals surface area contributed by atoms with E-state index in [9.17, 15) is 9.59 Å². The largest absolute Gasteiger partial charge is 0.459 e. The van der Waals surface area contributed by atoms with Crippen molar-refractivity contribution in [3.63, 3.8) is 0 Å². The molecule has 0 heterocycles. The number of hydrogen-bond acceptors (Lipinski definition) is 3. The molecule has 100 valence electrons. The van der Waals surface area contributed by atoms with Crippen LogP contribution in [-0.2, 0) is 14.3 Å². The van der Waals surface area contributed by atoms with Crippen LogP contribution in [0, 0.1) is 16.2 Å². The average Bonchev–Trinajstić information content (AvgIpc) is 2.07. The fourth-order valence-electron chi connectivity index (χ4n) is 6.05. The Kier molecular flexibility index (Phi) is 2.03. The van der Waals surface area contributed by atoms with Crippen LogP contribution in [-0.4, -0.2) is 17.4 Å². The molecule has 4 saturated carbocycles. The van der Waals surface area contributed by atoms with Crippen molar-refractivity contribution in [2.45, 2.75) is 65.4 Å². The molecule has 3 nitrogen and oxygen atoms in total. The minimum absolute atomic E-state index is 0.156. The molecule has 0 amide bonds. The number of esters is 1. The molecule has 4 bridgehead atoms. The summed E-state index contributed by atoms with van der Waals surface area (Å²) in [6.07, 6.45) is 4.29. The van der Waals surface area contributed by atoms with Crippen LogP contribution in [0.5, 0.6) is 0 Å². The van der Waals surface area contributed by atoms with Gasteiger partial charge >= 0.3 is 5.97 Å². The first-order chi connectivity index (χ1) is 8.11. The quantitative estimate of drug-likeness (QED) is 0.672. The number of carbonyl (C=O) groups is 2. The van der Waals surface area contributed by atoms with Gasteiger partial charge in [-0.15, -0.1) is 0 Å². The summed E-state index contributed by atoms with van der Waals surface area (Å²) in [5, 5.41) is 0. The van der Waals surface area contributed by atoms with Crippen molar-refractivity contribution in [3.8, 4) is 0 Å². The van der Waals surface area contributed by atoms with Gasteiger partial charge < -0.3 is 4.74 Å². The van der Waals surface area contributed by atoms with Gasteiger partial charge in [-0.3, -0.25) is 9.59 Å². The summed E-state index contributed by atoms with van der Waals surface area (Å²) in [5.41, 5.74) is -0.792. The monoisotopic (exact) mass is 250 g/mol. The summed E-state index contributed by atoms with van der Waals surface area (Å²) in [4.78, 5) is 24.1. The average molecular weight is 250 g/mol. The Morgan fingerprint density at radius 1 is 1.00 bits per heavy atom. The van der Waals surface area contributed by atoms with Gasteiger partial charge in [-0.05, 0) is 37.5 Å². The van der Waals surface area contributed by atoms with E-state index in [1.807, 2.05) is 0 Å². The highest BCUT2D eigenvalue weighted by Gasteiger charge is 2.69. The second-order valence-electron chi connectivity index (χ2n) is 7.92. The first-order valence-electron chi connectivity index (χ1n) is 6.85. The molecule has 0 aromatic carbocycles. The smallest absolute Gasteiger partial charge is 0.303 e. The highest BCUT2D eigenvalue weighted by atomic mass is 16.6. The zero-order valence-electron chi connectivity index (χ0n) is 11.8. The molecule has 0 spiro atoms. The zero-order valence-corrected chi connectivity index (χ0v) is 11.8. The van der Waals surface area contributed by atoms with Gasteiger partial charge in [0, 0.05) is 17.8 Å². The highest BCUT2D eigenvalue weighted by molar-refractivity contribution is 5.92. The first-order valence-corrected chi connectivity index (χ1v) is 6.85. The molecular formula is C15H22O3. The van der Waals surface area contributed by atoms with Crippen molar-refractivity contribution in [2.24, 2.45) is 16.2 Å². The van der Waals surface area contributed by atoms with Gasteiger partial charge in [0.25, 0.3) is 0 Å². The lowest BCUT2D eigenvalue weighted by Gasteiger charge is -2.66. The third kappa shape index (κ3) is 1.42. The van der Waals surface area contributed by atoms with E-state index in [4.69, 9.17) is 4.74 Å². The van der Waals surface area contributed by atoms with Crippen LogP contribution < -0.4 is 0 Å². The van der Waals surface area contributed by atoms with E-state index < -0.39 is 0 Å². The van der Waals surface area contributed by atoms with Crippen molar-refractivity contribution < 1.29 is 14.3 Å². The molecule has 3 heteroatoms. The molecule has 2 unspecified atom stereocenters. The summed E-state index contributed by atoms with van der Waals surface area (Å²) in [5.74, 6) is 0.190. The predicted octanol–water partition coefficient (Wildman–Crippen LogP) is 2.87. The van der Waals surface area contributed by atoms with Crippen LogP contribution >= 0.6 is 0 Å². The van der Waals surface area contributed by atoms with Gasteiger partial charge in [-0.1, -0.05) is 20.8 Å². The standard InChI is InChI=1S/C15H22O3/c1-10(16)18-15-7-12(2)5-13(3,8-15)11(17)14(4,6-12)9-15/h5-9H2,1-4H3/t12?,13-,14+,15?. The Morgan fingerprint density at radius 2 is 1.50 bits per heavy atom. The number of hydrogen-bond donors (Lipinski definition) is 0. The maximum Gasteiger partial charge on any atom is 0.303 e. The molecule has 0 radical (unpaired) electrons. The van der Waals surface area contributed by atoms with Crippen LogP contribution in [0.25, 0.3) is 0 Å². The van der Waals surface area contributed by atoms with E-state index in [0.29, 0.717) is 5.78 Å². The first kappa shape index (κ1) is 12.2. The fourth-order valence-corrected chi connectivity index (χ4v) is 6.05. The van der Waals surface area contributed by atoms with Crippen LogP contribution in [0.3, 0.4) is 0 Å². The molecule has 0 saturated heterocycles. The number of carbonyl (C=O) groups excluding carboxylic acids is 2. The van der Waals surface area contributed by atoms with Gasteiger partial charge in [0.15, 0.2) is 0 Å². The van der Waals surface area contributed by atoms with Gasteiger partial charge in [0.05, 0.1) is 0 Å². The normalized spacial score (nSPS) is 53.7. The molecule has 0 N–H and O–H groups in total. The van der Waals surface area contributed by atoms with E-state index >= 15 is 0 Å². The van der Waals surface area contributed by atoms with Gasteiger partial charge in [-0.25, -0.2) is 0 Å². The number of ether oxygens (including phenoxy) is 1. The topological polar surface area (TPSA) is 43.4 Å². The van der Waals surface area contributed by atoms with Gasteiger partial charge in [0.1, 0.15) is 11.4 Å². The Bertz CT molecular complexity index is 429. The SMILES string of the molecule is CC(=O)OC12CC3(C)C[C@@](C)(C1)C(=O)[C@](C)(C3)C2. The molecule has 4 aliphatic carbocycles. The Balaban J connectivity index is 2.08. The predicted molar refractivity (Wildman–Crippen MR) is 66.9 cm³/mol. The van der Waals surface area contributed by atoms with E-state index in [-0.39, 0.29) is 27.8 Å². The molecule has 4 fully saturated rings. The molecule has 0 aromatic rings. The fraction of sp³-hybridized carbons (Fsp3) is 0.867. The lowest BCUT2D eigenvalue weighted by atomic mass is 9.39. The minimum atomic E-state index is -0.380. The van der Waals surface area contributed by atoms with Crippen LogP contribution in [0.4, 0.5) is 0 Å². The summed E-state index contributed by atoms with van der Waals surface area (Å²) in [7, 11) is 0. The number of rotatable bonds is 1. The van der Waals surface area contributed by atoms with Crippen molar-refractivity contribution in [3.05, 3.63) is 0 Å². The summed E-state index contributed by atoms with van der Waals surface area (Å²) < 4.78 is 5.70. The third-order valence-corrected chi connectivity index (χ3v) is 5.26. The maximum atomic E-state index is 12.6. The lowest BCUT2D eigenvalue weighted by molar-refractivity contribution is -0.226. The van der Waals surface area contributed by atoms with Crippen molar-refractivity contribution in [2.75, 3.05) is 0 Å². The molecule has 0 aromatic heterocycles. The zero-order chi connectivity index (χ0) is 13.4. The number of Topliss-reactive ketones (excluding diaryl/α,β-unsaturated/α-hetero) is 1. The van der Waals surface area contributed by atoms with Gasteiger partial charge in [0.2, 0.25) is 0 Å². The molecule has 18 heavy (non-hydrogen) atoms. The van der Waals surface area contributed by atoms with Crippen molar-refractivity contribution >= 4 is 11.8 Å². The maximum absolute atomic E-state index is 12.6. The molecular weight excluding hydrogens is 228 g/mol. The van der Waals surface area contributed by atoms with Gasteiger partial charge in [-0.2, -0.15) is 0 Å². The summed E-state index contributed by atoms with van der Waals surface area (Å²) in [6, 6.07) is 0. The summed E-state index contributed by atoms with van der Waals surface area (Å²) >= 11 is 0. The van der Waals surface area contributed by atoms with Crippen LogP contribution in [0.15, 0.2) is 0 Å². The van der Waals surface area contributed by atoms with Crippen molar-refractivity contribution in [1.29, 1.82) is 0 Å². The Morgan fingerprint density at radius 3 is 1.94 bits per heavy atom. The van der Waals surface area contributed by atoms with E-state index in [0.717, 1.165) is 32.1 Å². The molecule has 4 atom stereocenters. The third-order valence-electron chi connectivity index (χ3n) is 5.26. The lowest BCUT2D eigenvalue weighted by Crippen LogP contribution is -2.67. The molecule has 0 aliphatic heterocycles. The van der Waals surface area contributed by atoms with E-state index in [1.54, 1.807) is 0 Å². The summed E-state index contributed by atoms with van der Waals surface area (Å²) in [6.45, 7) is 7.88. The Labute approximate surface area is 108 Å². The minimum Gasteiger partial charge on any atom is -0.459 e. The molecule has 4 rings (SSSR count). The second-order valence-corrected chi connectivity index (χ2v) is 7.92. The Hall–Kier alpha value is -0.860. The number of ketones is 1.